The molecule has 100 valence electrons. The quantitative estimate of drug-likeness (QED) is 0.657. The van der Waals surface area contributed by atoms with Crippen molar-refractivity contribution in [2.45, 2.75) is 58.9 Å². The van der Waals surface area contributed by atoms with Gasteiger partial charge in [0.2, 0.25) is 0 Å². The second kappa shape index (κ2) is 5.71. The third-order valence-electron chi connectivity index (χ3n) is 4.47. The minimum atomic E-state index is 0.561. The number of fused-ring (bicyclic) bond motifs is 1. The van der Waals surface area contributed by atoms with Gasteiger partial charge < -0.3 is 10.1 Å². The lowest BCUT2D eigenvalue weighted by Crippen LogP contribution is -2.37. The van der Waals surface area contributed by atoms with Gasteiger partial charge in [-0.3, -0.25) is 0 Å². The van der Waals surface area contributed by atoms with Crippen LogP contribution in [0.4, 0.5) is 0 Å². The molecule has 2 saturated carbocycles. The van der Waals surface area contributed by atoms with Crippen molar-refractivity contribution in [3.8, 4) is 0 Å². The van der Waals surface area contributed by atoms with Gasteiger partial charge in [-0.1, -0.05) is 20.8 Å². The molecule has 0 aromatic rings. The Morgan fingerprint density at radius 1 is 1.24 bits per heavy atom. The fourth-order valence-corrected chi connectivity index (χ4v) is 3.40. The third kappa shape index (κ3) is 3.69. The number of nitrogens with one attached hydrogen (secondary N) is 1. The van der Waals surface area contributed by atoms with Crippen LogP contribution in [-0.4, -0.2) is 25.8 Å². The first kappa shape index (κ1) is 13.4. The third-order valence-corrected chi connectivity index (χ3v) is 4.47. The first-order chi connectivity index (χ1) is 8.15. The molecular weight excluding hydrogens is 210 g/mol. The Hall–Kier alpha value is -0.0800. The first-order valence-electron chi connectivity index (χ1n) is 7.46. The Kier molecular flexibility index (Phi) is 4.48. The van der Waals surface area contributed by atoms with Crippen molar-refractivity contribution in [3.63, 3.8) is 0 Å². The maximum atomic E-state index is 5.70. The Morgan fingerprint density at radius 3 is 2.53 bits per heavy atom. The summed E-state index contributed by atoms with van der Waals surface area (Å²) in [6, 6.07) is 0.611. The SMILES string of the molecule is CCCOCCC1(CNC(C)C)CC2CC2C1. The van der Waals surface area contributed by atoms with Crippen molar-refractivity contribution in [2.75, 3.05) is 19.8 Å². The number of hydrogen-bond acceptors (Lipinski definition) is 2. The predicted octanol–water partition coefficient (Wildman–Crippen LogP) is 3.22. The van der Waals surface area contributed by atoms with E-state index in [1.807, 2.05) is 0 Å². The summed E-state index contributed by atoms with van der Waals surface area (Å²) >= 11 is 0. The molecule has 2 fully saturated rings. The summed E-state index contributed by atoms with van der Waals surface area (Å²) in [6.07, 6.45) is 6.82. The zero-order valence-corrected chi connectivity index (χ0v) is 11.8. The average molecular weight is 239 g/mol. The van der Waals surface area contributed by atoms with Crippen molar-refractivity contribution in [3.05, 3.63) is 0 Å². The highest BCUT2D eigenvalue weighted by Gasteiger charge is 2.53. The molecule has 0 bridgehead atoms. The van der Waals surface area contributed by atoms with Crippen LogP contribution >= 0.6 is 0 Å². The molecule has 0 amide bonds. The highest BCUT2D eigenvalue weighted by Crippen LogP contribution is 2.60. The molecule has 0 spiro atoms. The van der Waals surface area contributed by atoms with Gasteiger partial charge >= 0.3 is 0 Å². The van der Waals surface area contributed by atoms with Crippen LogP contribution in [0.3, 0.4) is 0 Å². The van der Waals surface area contributed by atoms with Gasteiger partial charge in [-0.05, 0) is 49.4 Å². The van der Waals surface area contributed by atoms with Crippen molar-refractivity contribution in [2.24, 2.45) is 17.3 Å². The van der Waals surface area contributed by atoms with Gasteiger partial charge in [-0.25, -0.2) is 0 Å². The van der Waals surface area contributed by atoms with E-state index in [1.54, 1.807) is 0 Å². The van der Waals surface area contributed by atoms with E-state index < -0.39 is 0 Å². The van der Waals surface area contributed by atoms with Gasteiger partial charge in [0.15, 0.2) is 0 Å². The van der Waals surface area contributed by atoms with E-state index in [-0.39, 0.29) is 0 Å². The second-order valence-corrected chi connectivity index (χ2v) is 6.56. The molecule has 2 unspecified atom stereocenters. The summed E-state index contributed by atoms with van der Waals surface area (Å²) in [4.78, 5) is 0. The van der Waals surface area contributed by atoms with Gasteiger partial charge in [-0.15, -0.1) is 0 Å². The molecule has 2 nitrogen and oxygen atoms in total. The van der Waals surface area contributed by atoms with Crippen LogP contribution in [0.25, 0.3) is 0 Å². The maximum Gasteiger partial charge on any atom is 0.0471 e. The molecule has 0 aromatic heterocycles. The molecule has 17 heavy (non-hydrogen) atoms. The number of hydrogen-bond donors (Lipinski definition) is 1. The zero-order chi connectivity index (χ0) is 12.3. The Bertz CT molecular complexity index is 229. The molecule has 2 rings (SSSR count). The van der Waals surface area contributed by atoms with E-state index in [9.17, 15) is 0 Å². The van der Waals surface area contributed by atoms with Crippen LogP contribution in [0, 0.1) is 17.3 Å². The smallest absolute Gasteiger partial charge is 0.0471 e. The Labute approximate surface area is 107 Å². The molecule has 0 radical (unpaired) electrons. The van der Waals surface area contributed by atoms with Crippen LogP contribution in [0.2, 0.25) is 0 Å². The maximum absolute atomic E-state index is 5.70. The summed E-state index contributed by atoms with van der Waals surface area (Å²) in [5, 5.41) is 3.65. The van der Waals surface area contributed by atoms with Gasteiger partial charge in [-0.2, -0.15) is 0 Å². The lowest BCUT2D eigenvalue weighted by Gasteiger charge is -2.32. The fraction of sp³-hybridized carbons (Fsp3) is 1.00. The molecule has 2 atom stereocenters. The van der Waals surface area contributed by atoms with Crippen LogP contribution in [0.5, 0.6) is 0 Å². The molecule has 0 aliphatic heterocycles. The molecule has 2 heteroatoms. The normalized spacial score (nSPS) is 35.3. The summed E-state index contributed by atoms with van der Waals surface area (Å²) in [7, 11) is 0. The molecule has 2 aliphatic carbocycles. The standard InChI is InChI=1S/C15H29NO/c1-4-6-17-7-5-15(11-16-12(2)3)9-13-8-14(13)10-15/h12-14,16H,4-11H2,1-3H3. The Morgan fingerprint density at radius 2 is 1.94 bits per heavy atom. The summed E-state index contributed by atoms with van der Waals surface area (Å²) in [6.45, 7) is 9.77. The van der Waals surface area contributed by atoms with Crippen molar-refractivity contribution in [1.29, 1.82) is 0 Å². The minimum Gasteiger partial charge on any atom is -0.381 e. The van der Waals surface area contributed by atoms with Crippen LogP contribution in [0.15, 0.2) is 0 Å². The largest absolute Gasteiger partial charge is 0.381 e. The Balaban J connectivity index is 1.76. The molecular formula is C15H29NO. The highest BCUT2D eigenvalue weighted by atomic mass is 16.5. The summed E-state index contributed by atoms with van der Waals surface area (Å²) < 4.78 is 5.70. The van der Waals surface area contributed by atoms with E-state index in [0.717, 1.165) is 31.5 Å². The van der Waals surface area contributed by atoms with E-state index >= 15 is 0 Å². The second-order valence-electron chi connectivity index (χ2n) is 6.56. The van der Waals surface area contributed by atoms with E-state index in [2.05, 4.69) is 26.1 Å². The van der Waals surface area contributed by atoms with Gasteiger partial charge in [0.1, 0.15) is 0 Å². The lowest BCUT2D eigenvalue weighted by molar-refractivity contribution is 0.0884. The highest BCUT2D eigenvalue weighted by molar-refractivity contribution is 5.04. The average Bonchev–Trinajstić information content (AvgIpc) is 2.91. The van der Waals surface area contributed by atoms with Crippen LogP contribution < -0.4 is 5.32 Å². The number of rotatable bonds is 8. The molecule has 0 aromatic carbocycles. The van der Waals surface area contributed by atoms with Crippen LogP contribution in [0.1, 0.15) is 52.9 Å². The van der Waals surface area contributed by atoms with Crippen molar-refractivity contribution in [1.82, 2.24) is 5.32 Å². The van der Waals surface area contributed by atoms with Gasteiger partial charge in [0, 0.05) is 25.8 Å². The van der Waals surface area contributed by atoms with Crippen molar-refractivity contribution >= 4 is 0 Å². The topological polar surface area (TPSA) is 21.3 Å². The summed E-state index contributed by atoms with van der Waals surface area (Å²) in [5.74, 6) is 2.13. The molecule has 0 heterocycles. The van der Waals surface area contributed by atoms with Crippen LogP contribution in [-0.2, 0) is 4.74 Å². The molecule has 2 aliphatic rings. The minimum absolute atomic E-state index is 0.561. The van der Waals surface area contributed by atoms with E-state index in [0.29, 0.717) is 11.5 Å². The first-order valence-corrected chi connectivity index (χ1v) is 7.46. The zero-order valence-electron chi connectivity index (χ0n) is 11.8. The fourth-order valence-electron chi connectivity index (χ4n) is 3.40. The molecule has 1 N–H and O–H groups in total. The lowest BCUT2D eigenvalue weighted by atomic mass is 9.79. The molecule has 0 saturated heterocycles. The van der Waals surface area contributed by atoms with E-state index in [4.69, 9.17) is 4.74 Å². The van der Waals surface area contributed by atoms with Crippen molar-refractivity contribution < 1.29 is 4.74 Å². The number of ether oxygens (including phenoxy) is 1. The predicted molar refractivity (Wildman–Crippen MR) is 72.1 cm³/mol. The van der Waals surface area contributed by atoms with E-state index in [1.165, 1.54) is 32.2 Å². The van der Waals surface area contributed by atoms with Gasteiger partial charge in [0.25, 0.3) is 0 Å². The summed E-state index contributed by atoms with van der Waals surface area (Å²) in [5.41, 5.74) is 0.561. The monoisotopic (exact) mass is 239 g/mol. The van der Waals surface area contributed by atoms with Gasteiger partial charge in [0.05, 0.1) is 0 Å².